The van der Waals surface area contributed by atoms with Gasteiger partial charge in [0.15, 0.2) is 0 Å². The molecule has 2 atom stereocenters. The van der Waals surface area contributed by atoms with E-state index in [1.165, 1.54) is 122 Å². The van der Waals surface area contributed by atoms with E-state index in [0.29, 0.717) is 16.7 Å². The van der Waals surface area contributed by atoms with Gasteiger partial charge >= 0.3 is 0 Å². The topological polar surface area (TPSA) is 0 Å². The third kappa shape index (κ3) is 7.43. The van der Waals surface area contributed by atoms with Crippen LogP contribution in [0, 0.1) is 10.8 Å². The van der Waals surface area contributed by atoms with Crippen LogP contribution in [0.25, 0.3) is 34.4 Å². The number of hydrogen-bond donors (Lipinski definition) is 0. The van der Waals surface area contributed by atoms with E-state index in [4.69, 9.17) is 0 Å². The van der Waals surface area contributed by atoms with Crippen molar-refractivity contribution >= 4 is 20.9 Å². The Hall–Kier alpha value is -3.42. The number of benzene rings is 4. The highest BCUT2D eigenvalue weighted by molar-refractivity contribution is 6.61. The minimum atomic E-state index is -0.955. The largest absolute Gasteiger partial charge is 0.0702 e. The zero-order chi connectivity index (χ0) is 40.4. The number of allylic oxidation sites excluding steroid dienone is 2. The lowest BCUT2D eigenvalue weighted by molar-refractivity contribution is 0.204. The maximum atomic E-state index is 2.77. The molecule has 4 aliphatic carbocycles. The van der Waals surface area contributed by atoms with Crippen molar-refractivity contribution in [3.63, 3.8) is 0 Å². The summed E-state index contributed by atoms with van der Waals surface area (Å²) in [5, 5.41) is -0.0291. The predicted octanol–water partition coefficient (Wildman–Crippen LogP) is 16.4. The Morgan fingerprint density at radius 2 is 1.02 bits per heavy atom. The predicted molar refractivity (Wildman–Crippen MR) is 251 cm³/mol. The van der Waals surface area contributed by atoms with Gasteiger partial charge in [0, 0.05) is 11.0 Å². The summed E-state index contributed by atoms with van der Waals surface area (Å²) in [6.45, 7) is 24.6. The summed E-state index contributed by atoms with van der Waals surface area (Å²) in [6.07, 6.45) is 21.6. The van der Waals surface area contributed by atoms with Crippen molar-refractivity contribution in [1.29, 1.82) is 0 Å². The molecule has 8 rings (SSSR count). The van der Waals surface area contributed by atoms with Gasteiger partial charge in [-0.25, -0.2) is 0 Å². The highest BCUT2D eigenvalue weighted by Gasteiger charge is 2.55. The first kappa shape index (κ1) is 40.4. The van der Waals surface area contributed by atoms with Crippen molar-refractivity contribution in [3.8, 4) is 22.3 Å². The third-order valence-corrected chi connectivity index (χ3v) is 17.7. The van der Waals surface area contributed by atoms with Crippen LogP contribution in [-0.2, 0) is 15.9 Å². The van der Waals surface area contributed by atoms with Gasteiger partial charge in [-0.3, -0.25) is 0 Å². The summed E-state index contributed by atoms with van der Waals surface area (Å²) in [5.74, 6) is 0.349. The van der Waals surface area contributed by atoms with E-state index in [1.54, 1.807) is 22.3 Å². The third-order valence-electron chi connectivity index (χ3n) is 15.2. The van der Waals surface area contributed by atoms with Crippen molar-refractivity contribution in [2.75, 3.05) is 0 Å². The molecule has 0 heterocycles. The Balaban J connectivity index is 1.35. The summed E-state index contributed by atoms with van der Waals surface area (Å²) in [4.78, 5) is 0. The van der Waals surface area contributed by atoms with Crippen LogP contribution >= 0.6 is 0 Å². The van der Waals surface area contributed by atoms with Gasteiger partial charge in [0.25, 0.3) is 0 Å². The van der Waals surface area contributed by atoms with Gasteiger partial charge in [-0.05, 0) is 116 Å². The van der Waals surface area contributed by atoms with Crippen molar-refractivity contribution in [2.24, 2.45) is 10.8 Å². The van der Waals surface area contributed by atoms with E-state index in [2.05, 4.69) is 166 Å². The Labute approximate surface area is 349 Å². The molecule has 0 saturated heterocycles. The molecule has 2 saturated carbocycles. The minimum Gasteiger partial charge on any atom is -0.0702 e. The first-order chi connectivity index (χ1) is 27.0. The monoisotopic (exact) mass is 772 g/mol. The molecule has 2 fully saturated rings. The summed E-state index contributed by atoms with van der Waals surface area (Å²) in [6, 6.07) is 34.0. The molecule has 1 heteroatoms. The molecule has 1 radical (unpaired) electrons. The molecular formula is C56H71Si. The summed E-state index contributed by atoms with van der Waals surface area (Å²) in [7, 11) is -0.955. The normalized spacial score (nSPS) is 22.9. The molecule has 4 aromatic carbocycles. The first-order valence-electron chi connectivity index (χ1n) is 22.7. The Bertz CT molecular complexity index is 2150. The second-order valence-electron chi connectivity index (χ2n) is 22.0. The Kier molecular flexibility index (Phi) is 10.6. The van der Waals surface area contributed by atoms with Gasteiger partial charge in [-0.15, -0.1) is 0 Å². The highest BCUT2D eigenvalue weighted by atomic mass is 28.3. The van der Waals surface area contributed by atoms with Crippen molar-refractivity contribution in [1.82, 2.24) is 0 Å². The molecular weight excluding hydrogens is 701 g/mol. The molecule has 2 unspecified atom stereocenters. The molecule has 4 aromatic rings. The average Bonchev–Trinajstić information content (AvgIpc) is 3.69. The molecule has 0 nitrogen and oxygen atoms in total. The van der Waals surface area contributed by atoms with Gasteiger partial charge in [0.05, 0.1) is 8.80 Å². The van der Waals surface area contributed by atoms with Crippen LogP contribution in [0.3, 0.4) is 0 Å². The highest BCUT2D eigenvalue weighted by Crippen LogP contribution is 2.64. The van der Waals surface area contributed by atoms with Gasteiger partial charge in [-0.2, -0.15) is 0 Å². The number of rotatable bonds is 8. The second kappa shape index (κ2) is 15.0. The van der Waals surface area contributed by atoms with Gasteiger partial charge < -0.3 is 0 Å². The molecule has 0 N–H and O–H groups in total. The standard InChI is InChI=1S/C56H71Si/c1-52(2,3)42-27-23-39(24-28-42)45-19-17-21-47-48(45)35-41(37-54(7)31-13-11-14-32-54)51(47)56(57(9)10)44(38-55(8)33-15-12-16-34-55)36-49-46(20-18-22-50(49)56)40-25-29-43(30-26-40)53(4,5)6/h17-30,35-36,51H,11-16,31-34,37-38H2,1-10H3. The smallest absolute Gasteiger partial charge is 0.0606 e. The second-order valence-corrected chi connectivity index (χ2v) is 24.7. The summed E-state index contributed by atoms with van der Waals surface area (Å²) < 4.78 is 0. The van der Waals surface area contributed by atoms with Gasteiger partial charge in [0.2, 0.25) is 0 Å². The van der Waals surface area contributed by atoms with E-state index in [0.717, 1.165) is 0 Å². The molecule has 0 bridgehead atoms. The van der Waals surface area contributed by atoms with E-state index in [-0.39, 0.29) is 15.9 Å². The van der Waals surface area contributed by atoms with Crippen LogP contribution < -0.4 is 0 Å². The van der Waals surface area contributed by atoms with Crippen LogP contribution in [0.5, 0.6) is 0 Å². The molecule has 0 spiro atoms. The Morgan fingerprint density at radius 1 is 0.544 bits per heavy atom. The van der Waals surface area contributed by atoms with Crippen LogP contribution in [0.4, 0.5) is 0 Å². The molecule has 0 aromatic heterocycles. The van der Waals surface area contributed by atoms with Crippen molar-refractivity contribution < 1.29 is 0 Å². The van der Waals surface area contributed by atoms with Gasteiger partial charge in [0.1, 0.15) is 0 Å². The maximum Gasteiger partial charge on any atom is 0.0606 e. The maximum absolute atomic E-state index is 2.77. The fourth-order valence-electron chi connectivity index (χ4n) is 12.0. The Morgan fingerprint density at radius 3 is 1.51 bits per heavy atom. The molecule has 0 amide bonds. The lowest BCUT2D eigenvalue weighted by Gasteiger charge is -2.48. The van der Waals surface area contributed by atoms with Crippen molar-refractivity contribution in [3.05, 3.63) is 129 Å². The number of hydrogen-bond acceptors (Lipinski definition) is 0. The fraction of sp³-hybridized carbons (Fsp3) is 0.500. The quantitative estimate of drug-likeness (QED) is 0.157. The minimum absolute atomic E-state index is 0.0291. The summed E-state index contributed by atoms with van der Waals surface area (Å²) >= 11 is 0. The lowest BCUT2D eigenvalue weighted by Crippen LogP contribution is -2.47. The zero-order valence-corrected chi connectivity index (χ0v) is 38.3. The van der Waals surface area contributed by atoms with E-state index in [1.807, 2.05) is 0 Å². The van der Waals surface area contributed by atoms with Crippen LogP contribution in [0.15, 0.2) is 96.1 Å². The van der Waals surface area contributed by atoms with E-state index < -0.39 is 8.80 Å². The van der Waals surface area contributed by atoms with Crippen LogP contribution in [0.1, 0.15) is 172 Å². The van der Waals surface area contributed by atoms with Gasteiger partial charge in [-0.1, -0.05) is 215 Å². The zero-order valence-electron chi connectivity index (χ0n) is 37.3. The van der Waals surface area contributed by atoms with Crippen molar-refractivity contribution in [2.45, 2.75) is 167 Å². The molecule has 4 aliphatic rings. The SMILES string of the molecule is C[Si](C)C1(C2C(CC3(C)CCCCC3)=Cc3c(-c4ccc(C(C)(C)C)cc4)cccc32)C(CC2(C)CCCCC2)=Cc2c(-c3ccc(C(C)(C)C)cc3)cccc21. The summed E-state index contributed by atoms with van der Waals surface area (Å²) in [5.41, 5.74) is 19.0. The van der Waals surface area contributed by atoms with Crippen LogP contribution in [0.2, 0.25) is 13.1 Å². The lowest BCUT2D eigenvalue weighted by atomic mass is 9.65. The van der Waals surface area contributed by atoms with E-state index in [9.17, 15) is 0 Å². The molecule has 299 valence electrons. The van der Waals surface area contributed by atoms with E-state index >= 15 is 0 Å². The molecule has 0 aliphatic heterocycles. The van der Waals surface area contributed by atoms with Crippen LogP contribution in [-0.4, -0.2) is 8.80 Å². The fourth-order valence-corrected chi connectivity index (χ4v) is 14.5. The molecule has 57 heavy (non-hydrogen) atoms. The first-order valence-corrected chi connectivity index (χ1v) is 25.2. The average molecular weight is 772 g/mol. The number of fused-ring (bicyclic) bond motifs is 2.